The van der Waals surface area contributed by atoms with Crippen molar-refractivity contribution in [3.05, 3.63) is 12.5 Å². The second kappa shape index (κ2) is 4.77. The van der Waals surface area contributed by atoms with Gasteiger partial charge in [-0.15, -0.1) is 0 Å². The highest BCUT2D eigenvalue weighted by molar-refractivity contribution is 5.85. The van der Waals surface area contributed by atoms with E-state index in [1.54, 1.807) is 17.2 Å². The Hall–Kier alpha value is -1.69. The number of nitrogens with one attached hydrogen (secondary N) is 1. The Labute approximate surface area is 112 Å². The van der Waals surface area contributed by atoms with Crippen molar-refractivity contribution in [3.8, 4) is 0 Å². The highest BCUT2D eigenvalue weighted by Crippen LogP contribution is 2.27. The van der Waals surface area contributed by atoms with Crippen molar-refractivity contribution in [2.45, 2.75) is 37.6 Å². The van der Waals surface area contributed by atoms with Gasteiger partial charge in [-0.05, 0) is 12.8 Å². The van der Waals surface area contributed by atoms with Gasteiger partial charge in [0.2, 0.25) is 0 Å². The van der Waals surface area contributed by atoms with Crippen LogP contribution in [0, 0.1) is 0 Å². The molecule has 0 radical (unpaired) electrons. The summed E-state index contributed by atoms with van der Waals surface area (Å²) >= 11 is 0. The van der Waals surface area contributed by atoms with Crippen LogP contribution in [0.1, 0.15) is 32.1 Å². The highest BCUT2D eigenvalue weighted by Gasteiger charge is 2.27. The van der Waals surface area contributed by atoms with Crippen LogP contribution in [-0.4, -0.2) is 31.8 Å². The summed E-state index contributed by atoms with van der Waals surface area (Å²) in [5.41, 5.74) is 7.17. The third-order valence-electron chi connectivity index (χ3n) is 3.99. The summed E-state index contributed by atoms with van der Waals surface area (Å²) < 4.78 is 1.75. The van der Waals surface area contributed by atoms with Crippen LogP contribution >= 0.6 is 0 Å². The molecule has 0 aliphatic heterocycles. The van der Waals surface area contributed by atoms with Crippen LogP contribution in [0.3, 0.4) is 0 Å². The number of aromatic nitrogens is 4. The maximum absolute atomic E-state index is 6.43. The minimum atomic E-state index is -0.0995. The van der Waals surface area contributed by atoms with Crippen LogP contribution in [0.25, 0.3) is 11.0 Å². The van der Waals surface area contributed by atoms with E-state index in [1.165, 1.54) is 19.3 Å². The predicted molar refractivity (Wildman–Crippen MR) is 74.8 cm³/mol. The van der Waals surface area contributed by atoms with Gasteiger partial charge < -0.3 is 11.1 Å². The molecule has 2 aromatic rings. The molecule has 0 spiro atoms. The van der Waals surface area contributed by atoms with Crippen molar-refractivity contribution in [3.63, 3.8) is 0 Å². The lowest BCUT2D eigenvalue weighted by Crippen LogP contribution is -2.47. The Morgan fingerprint density at radius 2 is 2.11 bits per heavy atom. The van der Waals surface area contributed by atoms with Crippen molar-refractivity contribution in [1.82, 2.24) is 19.7 Å². The van der Waals surface area contributed by atoms with Gasteiger partial charge in [-0.3, -0.25) is 4.68 Å². The quantitative estimate of drug-likeness (QED) is 0.872. The molecule has 3 rings (SSSR count). The van der Waals surface area contributed by atoms with Crippen LogP contribution in [-0.2, 0) is 7.05 Å². The summed E-state index contributed by atoms with van der Waals surface area (Å²) in [6.45, 7) is 0.758. The molecule has 0 amide bonds. The van der Waals surface area contributed by atoms with E-state index in [0.717, 1.165) is 36.2 Å². The van der Waals surface area contributed by atoms with E-state index in [4.69, 9.17) is 5.73 Å². The van der Waals surface area contributed by atoms with E-state index in [1.807, 2.05) is 7.05 Å². The van der Waals surface area contributed by atoms with E-state index in [-0.39, 0.29) is 5.54 Å². The van der Waals surface area contributed by atoms with E-state index in [0.29, 0.717) is 0 Å². The number of rotatable bonds is 3. The standard InChI is InChI=1S/C13H20N6/c1-19-12-10(7-18-19)11(16-9-17-12)15-8-13(14)5-3-2-4-6-13/h7,9H,2-6,8,14H2,1H3,(H,15,16,17). The Morgan fingerprint density at radius 3 is 2.89 bits per heavy atom. The molecule has 6 nitrogen and oxygen atoms in total. The highest BCUT2D eigenvalue weighted by atomic mass is 15.3. The van der Waals surface area contributed by atoms with Crippen LogP contribution in [0.4, 0.5) is 5.82 Å². The third kappa shape index (κ3) is 2.40. The van der Waals surface area contributed by atoms with Gasteiger partial charge in [0.25, 0.3) is 0 Å². The fraction of sp³-hybridized carbons (Fsp3) is 0.615. The topological polar surface area (TPSA) is 81.7 Å². The van der Waals surface area contributed by atoms with Gasteiger partial charge in [0.15, 0.2) is 5.65 Å². The molecule has 1 saturated carbocycles. The number of nitrogens with zero attached hydrogens (tertiary/aromatic N) is 4. The SMILES string of the molecule is Cn1ncc2c(NCC3(N)CCCCC3)ncnc21. The minimum absolute atomic E-state index is 0.0995. The lowest BCUT2D eigenvalue weighted by atomic mass is 9.82. The maximum Gasteiger partial charge on any atom is 0.163 e. The van der Waals surface area contributed by atoms with E-state index in [9.17, 15) is 0 Å². The Kier molecular flexibility index (Phi) is 3.10. The average Bonchev–Trinajstić information content (AvgIpc) is 2.80. The second-order valence-electron chi connectivity index (χ2n) is 5.50. The van der Waals surface area contributed by atoms with E-state index in [2.05, 4.69) is 20.4 Å². The summed E-state index contributed by atoms with van der Waals surface area (Å²) in [6, 6.07) is 0. The van der Waals surface area contributed by atoms with Crippen LogP contribution in [0.2, 0.25) is 0 Å². The first kappa shape index (κ1) is 12.3. The normalized spacial score (nSPS) is 18.6. The molecule has 3 N–H and O–H groups in total. The molecule has 19 heavy (non-hydrogen) atoms. The lowest BCUT2D eigenvalue weighted by molar-refractivity contribution is 0.311. The number of anilines is 1. The van der Waals surface area contributed by atoms with Crippen LogP contribution in [0.5, 0.6) is 0 Å². The fourth-order valence-corrected chi connectivity index (χ4v) is 2.80. The zero-order chi connectivity index (χ0) is 13.3. The predicted octanol–water partition coefficient (Wildman–Crippen LogP) is 1.44. The molecule has 0 unspecified atom stereocenters. The molecule has 0 saturated heterocycles. The molecule has 2 aromatic heterocycles. The van der Waals surface area contributed by atoms with Gasteiger partial charge in [0, 0.05) is 19.1 Å². The molecule has 0 aromatic carbocycles. The molecule has 102 valence electrons. The van der Waals surface area contributed by atoms with Gasteiger partial charge in [0.1, 0.15) is 12.1 Å². The molecular formula is C13H20N6. The Bertz CT molecular complexity index is 570. The summed E-state index contributed by atoms with van der Waals surface area (Å²) in [5, 5.41) is 8.54. The molecule has 1 aliphatic carbocycles. The average molecular weight is 260 g/mol. The summed E-state index contributed by atoms with van der Waals surface area (Å²) in [4.78, 5) is 8.54. The van der Waals surface area contributed by atoms with Crippen molar-refractivity contribution in [1.29, 1.82) is 0 Å². The Balaban J connectivity index is 1.78. The summed E-state index contributed by atoms with van der Waals surface area (Å²) in [5.74, 6) is 0.827. The van der Waals surface area contributed by atoms with E-state index < -0.39 is 0 Å². The molecule has 6 heteroatoms. The molecular weight excluding hydrogens is 240 g/mol. The summed E-state index contributed by atoms with van der Waals surface area (Å²) in [7, 11) is 1.88. The van der Waals surface area contributed by atoms with Crippen molar-refractivity contribution < 1.29 is 0 Å². The van der Waals surface area contributed by atoms with E-state index >= 15 is 0 Å². The lowest BCUT2D eigenvalue weighted by Gasteiger charge is -2.33. The second-order valence-corrected chi connectivity index (χ2v) is 5.50. The van der Waals surface area contributed by atoms with Gasteiger partial charge in [-0.2, -0.15) is 5.10 Å². The smallest absolute Gasteiger partial charge is 0.163 e. The third-order valence-corrected chi connectivity index (χ3v) is 3.99. The first-order valence-electron chi connectivity index (χ1n) is 6.83. The van der Waals surface area contributed by atoms with Gasteiger partial charge >= 0.3 is 0 Å². The molecule has 1 aliphatic rings. The Morgan fingerprint density at radius 1 is 1.32 bits per heavy atom. The number of fused-ring (bicyclic) bond motifs is 1. The van der Waals surface area contributed by atoms with Crippen molar-refractivity contribution in [2.24, 2.45) is 12.8 Å². The van der Waals surface area contributed by atoms with Crippen LogP contribution in [0.15, 0.2) is 12.5 Å². The van der Waals surface area contributed by atoms with Crippen molar-refractivity contribution >= 4 is 16.9 Å². The first-order valence-corrected chi connectivity index (χ1v) is 6.83. The zero-order valence-electron chi connectivity index (χ0n) is 11.3. The number of nitrogens with two attached hydrogens (primary N) is 1. The van der Waals surface area contributed by atoms with Crippen molar-refractivity contribution in [2.75, 3.05) is 11.9 Å². The number of aryl methyl sites for hydroxylation is 1. The minimum Gasteiger partial charge on any atom is -0.368 e. The molecule has 1 fully saturated rings. The van der Waals surface area contributed by atoms with Crippen LogP contribution < -0.4 is 11.1 Å². The number of hydrogen-bond acceptors (Lipinski definition) is 5. The van der Waals surface area contributed by atoms with Gasteiger partial charge in [-0.25, -0.2) is 9.97 Å². The largest absolute Gasteiger partial charge is 0.368 e. The molecule has 0 atom stereocenters. The monoisotopic (exact) mass is 260 g/mol. The zero-order valence-corrected chi connectivity index (χ0v) is 11.3. The fourth-order valence-electron chi connectivity index (χ4n) is 2.80. The van der Waals surface area contributed by atoms with Gasteiger partial charge in [-0.1, -0.05) is 19.3 Å². The van der Waals surface area contributed by atoms with Gasteiger partial charge in [0.05, 0.1) is 11.6 Å². The maximum atomic E-state index is 6.43. The number of hydrogen-bond donors (Lipinski definition) is 2. The molecule has 2 heterocycles. The molecule has 0 bridgehead atoms. The summed E-state index contributed by atoms with van der Waals surface area (Å²) in [6.07, 6.45) is 9.29. The first-order chi connectivity index (χ1) is 9.18.